The second-order valence-corrected chi connectivity index (χ2v) is 7.19. The summed E-state index contributed by atoms with van der Waals surface area (Å²) in [6.07, 6.45) is 8.81. The van der Waals surface area contributed by atoms with Crippen LogP contribution in [0.5, 0.6) is 0 Å². The van der Waals surface area contributed by atoms with Crippen molar-refractivity contribution in [2.45, 2.75) is 64.3 Å². The van der Waals surface area contributed by atoms with Gasteiger partial charge in [-0.15, -0.1) is 0 Å². The summed E-state index contributed by atoms with van der Waals surface area (Å²) in [6.45, 7) is 3.64. The Bertz CT molecular complexity index is 402. The maximum absolute atomic E-state index is 12.5. The Balaban J connectivity index is 1.49. The number of nitrogens with zero attached hydrogens (tertiary/aromatic N) is 1. The van der Waals surface area contributed by atoms with Gasteiger partial charge >= 0.3 is 0 Å². The number of carbonyl (C=O) groups excluding carboxylic acids is 2. The minimum atomic E-state index is 0.00898. The van der Waals surface area contributed by atoms with E-state index in [0.717, 1.165) is 51.0 Å². The van der Waals surface area contributed by atoms with Gasteiger partial charge in [-0.3, -0.25) is 9.59 Å². The first-order valence-corrected chi connectivity index (χ1v) is 8.76. The number of likely N-dealkylation sites (tertiary alicyclic amines) is 1. The fourth-order valence-electron chi connectivity index (χ4n) is 3.38. The normalized spacial score (nSPS) is 27.3. The third kappa shape index (κ3) is 3.98. The van der Waals surface area contributed by atoms with Gasteiger partial charge in [-0.05, 0) is 44.4 Å². The van der Waals surface area contributed by atoms with Crippen LogP contribution in [0.3, 0.4) is 0 Å². The van der Waals surface area contributed by atoms with Crippen molar-refractivity contribution in [2.24, 2.45) is 17.8 Å². The van der Waals surface area contributed by atoms with E-state index in [4.69, 9.17) is 0 Å². The summed E-state index contributed by atoms with van der Waals surface area (Å²) in [7, 11) is 0. The van der Waals surface area contributed by atoms with E-state index in [9.17, 15) is 9.59 Å². The van der Waals surface area contributed by atoms with E-state index in [1.54, 1.807) is 0 Å². The molecule has 3 fully saturated rings. The Kier molecular flexibility index (Phi) is 4.51. The summed E-state index contributed by atoms with van der Waals surface area (Å²) in [5, 5.41) is 3.24. The second kappa shape index (κ2) is 6.37. The molecule has 0 radical (unpaired) electrons. The van der Waals surface area contributed by atoms with Gasteiger partial charge < -0.3 is 10.2 Å². The van der Waals surface area contributed by atoms with Crippen LogP contribution in [0.4, 0.5) is 0 Å². The molecule has 0 bridgehead atoms. The highest BCUT2D eigenvalue weighted by Crippen LogP contribution is 2.34. The van der Waals surface area contributed by atoms with E-state index in [1.165, 1.54) is 12.8 Å². The topological polar surface area (TPSA) is 49.4 Å². The highest BCUT2D eigenvalue weighted by molar-refractivity contribution is 5.83. The molecule has 0 aromatic heterocycles. The summed E-state index contributed by atoms with van der Waals surface area (Å²) in [5.41, 5.74) is 0. The monoisotopic (exact) mass is 292 g/mol. The third-order valence-electron chi connectivity index (χ3n) is 5.18. The SMILES string of the molecule is CC[C@@H](CC1CC1)NC(=O)[C@@H]1CCCN(C(=O)C2CC2)C1. The summed E-state index contributed by atoms with van der Waals surface area (Å²) in [5.74, 6) is 1.59. The molecule has 1 N–H and O–H groups in total. The van der Waals surface area contributed by atoms with E-state index in [1.807, 2.05) is 4.90 Å². The summed E-state index contributed by atoms with van der Waals surface area (Å²) >= 11 is 0. The lowest BCUT2D eigenvalue weighted by Crippen LogP contribution is -2.48. The molecule has 2 aliphatic carbocycles. The summed E-state index contributed by atoms with van der Waals surface area (Å²) < 4.78 is 0. The van der Waals surface area contributed by atoms with Crippen molar-refractivity contribution in [1.82, 2.24) is 10.2 Å². The molecule has 4 nitrogen and oxygen atoms in total. The highest BCUT2D eigenvalue weighted by atomic mass is 16.2. The predicted octanol–water partition coefficient (Wildman–Crippen LogP) is 2.33. The average molecular weight is 292 g/mol. The van der Waals surface area contributed by atoms with Crippen molar-refractivity contribution in [3.63, 3.8) is 0 Å². The summed E-state index contributed by atoms with van der Waals surface area (Å²) in [4.78, 5) is 26.6. The number of amides is 2. The lowest BCUT2D eigenvalue weighted by Gasteiger charge is -2.33. The number of piperidine rings is 1. The fraction of sp³-hybridized carbons (Fsp3) is 0.882. The van der Waals surface area contributed by atoms with Crippen LogP contribution in [-0.4, -0.2) is 35.8 Å². The first-order valence-electron chi connectivity index (χ1n) is 8.76. The standard InChI is InChI=1S/C17H28N2O2/c1-2-15(10-12-5-6-12)18-16(20)14-4-3-9-19(11-14)17(21)13-7-8-13/h12-15H,2-11H2,1H3,(H,18,20)/t14-,15+/m1/s1. The van der Waals surface area contributed by atoms with Gasteiger partial charge in [0, 0.05) is 25.0 Å². The second-order valence-electron chi connectivity index (χ2n) is 7.19. The van der Waals surface area contributed by atoms with Crippen molar-refractivity contribution in [3.8, 4) is 0 Å². The van der Waals surface area contributed by atoms with Crippen LogP contribution in [0, 0.1) is 17.8 Å². The quantitative estimate of drug-likeness (QED) is 0.817. The Morgan fingerprint density at radius 2 is 1.90 bits per heavy atom. The van der Waals surface area contributed by atoms with E-state index in [-0.39, 0.29) is 23.7 Å². The van der Waals surface area contributed by atoms with E-state index in [2.05, 4.69) is 12.2 Å². The van der Waals surface area contributed by atoms with Crippen LogP contribution in [0.2, 0.25) is 0 Å². The van der Waals surface area contributed by atoms with Crippen LogP contribution in [0.25, 0.3) is 0 Å². The molecule has 2 saturated carbocycles. The van der Waals surface area contributed by atoms with Crippen LogP contribution < -0.4 is 5.32 Å². The maximum Gasteiger partial charge on any atom is 0.225 e. The highest BCUT2D eigenvalue weighted by Gasteiger charge is 2.37. The minimum absolute atomic E-state index is 0.00898. The molecule has 0 aromatic rings. The average Bonchev–Trinajstić information content (AvgIpc) is 3.38. The van der Waals surface area contributed by atoms with Crippen molar-refractivity contribution >= 4 is 11.8 Å². The molecule has 21 heavy (non-hydrogen) atoms. The smallest absolute Gasteiger partial charge is 0.225 e. The predicted molar refractivity (Wildman–Crippen MR) is 81.6 cm³/mol. The van der Waals surface area contributed by atoms with E-state index >= 15 is 0 Å². The summed E-state index contributed by atoms with van der Waals surface area (Å²) in [6, 6.07) is 0.333. The Morgan fingerprint density at radius 3 is 2.52 bits per heavy atom. The zero-order chi connectivity index (χ0) is 14.8. The number of hydrogen-bond acceptors (Lipinski definition) is 2. The van der Waals surface area contributed by atoms with Gasteiger partial charge in [-0.1, -0.05) is 19.8 Å². The molecule has 0 spiro atoms. The molecule has 1 aliphatic heterocycles. The molecule has 2 atom stereocenters. The van der Waals surface area contributed by atoms with Crippen LogP contribution in [0.15, 0.2) is 0 Å². The minimum Gasteiger partial charge on any atom is -0.353 e. The lowest BCUT2D eigenvalue weighted by molar-refractivity contribution is -0.137. The molecule has 2 amide bonds. The molecule has 3 aliphatic rings. The largest absolute Gasteiger partial charge is 0.353 e. The first-order chi connectivity index (χ1) is 10.2. The number of rotatable bonds is 6. The van der Waals surface area contributed by atoms with Gasteiger partial charge in [0.25, 0.3) is 0 Å². The lowest BCUT2D eigenvalue weighted by atomic mass is 9.95. The molecule has 0 unspecified atom stereocenters. The van der Waals surface area contributed by atoms with Crippen molar-refractivity contribution in [2.75, 3.05) is 13.1 Å². The zero-order valence-corrected chi connectivity index (χ0v) is 13.1. The third-order valence-corrected chi connectivity index (χ3v) is 5.18. The maximum atomic E-state index is 12.5. The molecule has 4 heteroatoms. The molecule has 1 saturated heterocycles. The van der Waals surface area contributed by atoms with Crippen molar-refractivity contribution in [3.05, 3.63) is 0 Å². The van der Waals surface area contributed by atoms with Gasteiger partial charge in [-0.2, -0.15) is 0 Å². The van der Waals surface area contributed by atoms with Crippen LogP contribution in [-0.2, 0) is 9.59 Å². The molecular weight excluding hydrogens is 264 g/mol. The van der Waals surface area contributed by atoms with Gasteiger partial charge in [0.1, 0.15) is 0 Å². The molecule has 118 valence electrons. The zero-order valence-electron chi connectivity index (χ0n) is 13.1. The van der Waals surface area contributed by atoms with Crippen LogP contribution in [0.1, 0.15) is 58.3 Å². The number of carbonyl (C=O) groups is 2. The van der Waals surface area contributed by atoms with Crippen LogP contribution >= 0.6 is 0 Å². The molecule has 3 rings (SSSR count). The van der Waals surface area contributed by atoms with Gasteiger partial charge in [-0.25, -0.2) is 0 Å². The van der Waals surface area contributed by atoms with Gasteiger partial charge in [0.05, 0.1) is 5.92 Å². The van der Waals surface area contributed by atoms with Gasteiger partial charge in [0.2, 0.25) is 11.8 Å². The molecule has 1 heterocycles. The number of nitrogens with one attached hydrogen (secondary N) is 1. The van der Waals surface area contributed by atoms with Crippen molar-refractivity contribution < 1.29 is 9.59 Å². The Morgan fingerprint density at radius 1 is 1.14 bits per heavy atom. The molecule has 0 aromatic carbocycles. The number of hydrogen-bond donors (Lipinski definition) is 1. The van der Waals surface area contributed by atoms with E-state index in [0.29, 0.717) is 12.6 Å². The Labute approximate surface area is 127 Å². The van der Waals surface area contributed by atoms with Gasteiger partial charge in [0.15, 0.2) is 0 Å². The Hall–Kier alpha value is -1.06. The first kappa shape index (κ1) is 14.9. The van der Waals surface area contributed by atoms with Crippen molar-refractivity contribution in [1.29, 1.82) is 0 Å². The van der Waals surface area contributed by atoms with E-state index < -0.39 is 0 Å². The fourth-order valence-corrected chi connectivity index (χ4v) is 3.38. The molecular formula is C17H28N2O2.